The van der Waals surface area contributed by atoms with Crippen molar-refractivity contribution >= 4 is 40.1 Å². The minimum atomic E-state index is -0.0152. The monoisotopic (exact) mass is 443 g/mol. The van der Waals surface area contributed by atoms with E-state index in [-0.39, 0.29) is 5.91 Å². The molecule has 0 saturated carbocycles. The lowest BCUT2D eigenvalue weighted by Gasteiger charge is -2.14. The molecule has 0 atom stereocenters. The molecule has 0 aromatic heterocycles. The Hall–Kier alpha value is -1.27. The van der Waals surface area contributed by atoms with Gasteiger partial charge in [-0.3, -0.25) is 4.79 Å². The molecule has 2 aromatic carbocycles. The van der Waals surface area contributed by atoms with Crippen LogP contribution in [0.5, 0.6) is 5.75 Å². The van der Waals surface area contributed by atoms with Crippen LogP contribution < -0.4 is 10.1 Å². The predicted molar refractivity (Wildman–Crippen MR) is 102 cm³/mol. The second-order valence-corrected chi connectivity index (χ2v) is 6.70. The molecule has 0 heterocycles. The van der Waals surface area contributed by atoms with Gasteiger partial charge in [-0.05, 0) is 58.3 Å². The standard InChI is InChI=1S/C18H19ClINO2/c1-3-12-7-8-17(15(19)9-12)23-11-14-13(10-18(22)21-2)5-4-6-16(14)20/h4-9H,3,10-11H2,1-2H3,(H,21,22). The first kappa shape index (κ1) is 18.1. The highest BCUT2D eigenvalue weighted by molar-refractivity contribution is 14.1. The topological polar surface area (TPSA) is 38.3 Å². The molecule has 0 spiro atoms. The van der Waals surface area contributed by atoms with E-state index < -0.39 is 0 Å². The van der Waals surface area contributed by atoms with Gasteiger partial charge in [0.1, 0.15) is 12.4 Å². The average Bonchev–Trinajstić information content (AvgIpc) is 2.55. The van der Waals surface area contributed by atoms with Crippen molar-refractivity contribution in [1.82, 2.24) is 5.32 Å². The Labute approximate surface area is 155 Å². The van der Waals surface area contributed by atoms with Crippen LogP contribution in [0, 0.1) is 3.57 Å². The summed E-state index contributed by atoms with van der Waals surface area (Å²) in [5.74, 6) is 0.646. The number of likely N-dealkylation sites (N-methyl/N-ethyl adjacent to an activating group) is 1. The maximum Gasteiger partial charge on any atom is 0.224 e. The molecule has 0 radical (unpaired) electrons. The first-order valence-corrected chi connectivity index (χ1v) is 8.88. The summed E-state index contributed by atoms with van der Waals surface area (Å²) < 4.78 is 6.96. The van der Waals surface area contributed by atoms with Crippen molar-refractivity contribution in [1.29, 1.82) is 0 Å². The van der Waals surface area contributed by atoms with Crippen LogP contribution >= 0.6 is 34.2 Å². The lowest BCUT2D eigenvalue weighted by atomic mass is 10.0. The van der Waals surface area contributed by atoms with E-state index in [4.69, 9.17) is 16.3 Å². The summed E-state index contributed by atoms with van der Waals surface area (Å²) in [6.45, 7) is 2.47. The fourth-order valence-corrected chi connectivity index (χ4v) is 3.19. The smallest absolute Gasteiger partial charge is 0.224 e. The number of amides is 1. The molecule has 5 heteroatoms. The zero-order valence-corrected chi connectivity index (χ0v) is 16.1. The molecule has 0 aliphatic carbocycles. The van der Waals surface area contributed by atoms with Gasteiger partial charge in [-0.1, -0.05) is 36.7 Å². The lowest BCUT2D eigenvalue weighted by molar-refractivity contribution is -0.119. The number of aryl methyl sites for hydroxylation is 1. The van der Waals surface area contributed by atoms with Crippen LogP contribution in [0.3, 0.4) is 0 Å². The van der Waals surface area contributed by atoms with Gasteiger partial charge in [-0.2, -0.15) is 0 Å². The average molecular weight is 444 g/mol. The highest BCUT2D eigenvalue weighted by Gasteiger charge is 2.12. The number of rotatable bonds is 6. The van der Waals surface area contributed by atoms with Crippen molar-refractivity contribution in [2.24, 2.45) is 0 Å². The Morgan fingerprint density at radius 2 is 2.09 bits per heavy atom. The quantitative estimate of drug-likeness (QED) is 0.673. The van der Waals surface area contributed by atoms with Gasteiger partial charge in [0.25, 0.3) is 0 Å². The van der Waals surface area contributed by atoms with E-state index in [2.05, 4.69) is 34.8 Å². The molecule has 1 N–H and O–H groups in total. The number of hydrogen-bond acceptors (Lipinski definition) is 2. The zero-order chi connectivity index (χ0) is 16.8. The molecular formula is C18H19ClINO2. The van der Waals surface area contributed by atoms with E-state index in [1.54, 1.807) is 7.05 Å². The predicted octanol–water partition coefficient (Wildman–Crippen LogP) is 4.37. The number of carbonyl (C=O) groups excluding carboxylic acids is 1. The third-order valence-corrected chi connectivity index (χ3v) is 4.93. The van der Waals surface area contributed by atoms with Gasteiger partial charge >= 0.3 is 0 Å². The Bertz CT molecular complexity index is 703. The normalized spacial score (nSPS) is 10.4. The molecule has 0 aliphatic heterocycles. The van der Waals surface area contributed by atoms with E-state index >= 15 is 0 Å². The van der Waals surface area contributed by atoms with Crippen LogP contribution in [0.1, 0.15) is 23.6 Å². The summed E-state index contributed by atoms with van der Waals surface area (Å²) >= 11 is 8.53. The summed E-state index contributed by atoms with van der Waals surface area (Å²) in [7, 11) is 1.64. The van der Waals surface area contributed by atoms with Gasteiger partial charge in [-0.25, -0.2) is 0 Å². The first-order valence-electron chi connectivity index (χ1n) is 7.43. The lowest BCUT2D eigenvalue weighted by Crippen LogP contribution is -2.21. The summed E-state index contributed by atoms with van der Waals surface area (Å²) in [6.07, 6.45) is 1.28. The third-order valence-electron chi connectivity index (χ3n) is 3.62. The van der Waals surface area contributed by atoms with Crippen LogP contribution in [0.2, 0.25) is 5.02 Å². The SMILES string of the molecule is CCc1ccc(OCc2c(I)cccc2CC(=O)NC)c(Cl)c1. The summed E-state index contributed by atoms with van der Waals surface area (Å²) in [5.41, 5.74) is 3.17. The van der Waals surface area contributed by atoms with Crippen molar-refractivity contribution in [2.75, 3.05) is 7.05 Å². The fourth-order valence-electron chi connectivity index (χ4n) is 2.22. The van der Waals surface area contributed by atoms with E-state index in [0.29, 0.717) is 23.8 Å². The number of ether oxygens (including phenoxy) is 1. The van der Waals surface area contributed by atoms with Crippen molar-refractivity contribution in [3.05, 3.63) is 61.7 Å². The fraction of sp³-hybridized carbons (Fsp3) is 0.278. The summed E-state index contributed by atoms with van der Waals surface area (Å²) in [4.78, 5) is 11.7. The van der Waals surface area contributed by atoms with Gasteiger partial charge in [0.2, 0.25) is 5.91 Å². The van der Waals surface area contributed by atoms with E-state index in [1.165, 1.54) is 5.56 Å². The third kappa shape index (κ3) is 4.85. The van der Waals surface area contributed by atoms with Crippen molar-refractivity contribution in [2.45, 2.75) is 26.4 Å². The minimum absolute atomic E-state index is 0.0152. The highest BCUT2D eigenvalue weighted by atomic mass is 127. The van der Waals surface area contributed by atoms with Gasteiger partial charge in [-0.15, -0.1) is 0 Å². The number of nitrogens with one attached hydrogen (secondary N) is 1. The zero-order valence-electron chi connectivity index (χ0n) is 13.2. The molecule has 122 valence electrons. The molecular weight excluding hydrogens is 425 g/mol. The molecule has 23 heavy (non-hydrogen) atoms. The number of hydrogen-bond donors (Lipinski definition) is 1. The summed E-state index contributed by atoms with van der Waals surface area (Å²) in [6, 6.07) is 11.8. The van der Waals surface area contributed by atoms with Crippen molar-refractivity contribution in [3.8, 4) is 5.75 Å². The maximum atomic E-state index is 11.7. The Kier molecular flexibility index (Phi) is 6.72. The molecule has 0 saturated heterocycles. The molecule has 2 rings (SSSR count). The van der Waals surface area contributed by atoms with E-state index in [1.807, 2.05) is 36.4 Å². The number of carbonyl (C=O) groups is 1. The second kappa shape index (κ2) is 8.55. The van der Waals surface area contributed by atoms with Crippen molar-refractivity contribution in [3.63, 3.8) is 0 Å². The minimum Gasteiger partial charge on any atom is -0.487 e. The molecule has 1 amide bonds. The molecule has 3 nitrogen and oxygen atoms in total. The second-order valence-electron chi connectivity index (χ2n) is 5.13. The van der Waals surface area contributed by atoms with Crippen molar-refractivity contribution < 1.29 is 9.53 Å². The highest BCUT2D eigenvalue weighted by Crippen LogP contribution is 2.28. The summed E-state index contributed by atoms with van der Waals surface area (Å²) in [5, 5.41) is 3.27. The van der Waals surface area contributed by atoms with Gasteiger partial charge < -0.3 is 10.1 Å². The molecule has 0 aliphatic rings. The molecule has 0 unspecified atom stereocenters. The number of halogens is 2. The molecule has 0 bridgehead atoms. The van der Waals surface area contributed by atoms with E-state index in [0.717, 1.165) is 21.1 Å². The van der Waals surface area contributed by atoms with Gasteiger partial charge in [0, 0.05) is 16.2 Å². The largest absolute Gasteiger partial charge is 0.487 e. The molecule has 0 fully saturated rings. The van der Waals surface area contributed by atoms with Gasteiger partial charge in [0.05, 0.1) is 11.4 Å². The van der Waals surface area contributed by atoms with Crippen LogP contribution in [0.15, 0.2) is 36.4 Å². The first-order chi connectivity index (χ1) is 11.0. The Balaban J connectivity index is 2.18. The Morgan fingerprint density at radius 3 is 2.74 bits per heavy atom. The Morgan fingerprint density at radius 1 is 1.30 bits per heavy atom. The molecule has 2 aromatic rings. The number of benzene rings is 2. The van der Waals surface area contributed by atoms with Crippen LogP contribution in [0.4, 0.5) is 0 Å². The van der Waals surface area contributed by atoms with Crippen LogP contribution in [-0.2, 0) is 24.2 Å². The van der Waals surface area contributed by atoms with E-state index in [9.17, 15) is 4.79 Å². The van der Waals surface area contributed by atoms with Crippen LogP contribution in [-0.4, -0.2) is 13.0 Å². The van der Waals surface area contributed by atoms with Gasteiger partial charge in [0.15, 0.2) is 0 Å². The maximum absolute atomic E-state index is 11.7. The van der Waals surface area contributed by atoms with Crippen LogP contribution in [0.25, 0.3) is 0 Å².